The third-order valence-corrected chi connectivity index (χ3v) is 9.65. The topological polar surface area (TPSA) is 134 Å². The third kappa shape index (κ3) is 5.07. The van der Waals surface area contributed by atoms with E-state index in [2.05, 4.69) is 30.9 Å². The summed E-state index contributed by atoms with van der Waals surface area (Å²) in [5, 5.41) is 18.2. The molecule has 0 atom stereocenters. The van der Waals surface area contributed by atoms with Gasteiger partial charge in [0.1, 0.15) is 22.8 Å². The number of benzene rings is 2. The summed E-state index contributed by atoms with van der Waals surface area (Å²) in [5.74, 6) is 0.639. The molecule has 10 nitrogen and oxygen atoms in total. The van der Waals surface area contributed by atoms with Crippen molar-refractivity contribution in [3.63, 3.8) is 0 Å². The molecule has 2 aliphatic rings. The highest BCUT2D eigenvalue weighted by molar-refractivity contribution is 6.31. The normalized spacial score (nSPS) is 20.3. The SMILES string of the molecule is Cn1cc(C2(NC(=O)c3cc4cc(Cl)ccc4[nH]3)CC(Cc3cc(C4(NC(=O)c5cc6cc(Cl)ccc6[nH]5)CC4)no3)C2)cn1. The van der Waals surface area contributed by atoms with Gasteiger partial charge < -0.3 is 25.1 Å². The second kappa shape index (κ2) is 10.3. The number of carbonyl (C=O) groups excluding carboxylic acids is 2. The van der Waals surface area contributed by atoms with Gasteiger partial charge in [-0.1, -0.05) is 28.4 Å². The number of aromatic nitrogens is 5. The molecular weight excluding hydrogens is 613 g/mol. The lowest BCUT2D eigenvalue weighted by Gasteiger charge is -2.47. The van der Waals surface area contributed by atoms with Gasteiger partial charge in [-0.05, 0) is 80.1 Å². The first-order chi connectivity index (χ1) is 21.7. The molecule has 12 heteroatoms. The molecule has 2 aliphatic carbocycles. The molecule has 0 spiro atoms. The fourth-order valence-electron chi connectivity index (χ4n) is 6.66. The Morgan fingerprint density at radius 1 is 0.911 bits per heavy atom. The van der Waals surface area contributed by atoms with Crippen LogP contribution in [0, 0.1) is 5.92 Å². The predicted molar refractivity (Wildman–Crippen MR) is 170 cm³/mol. The summed E-state index contributed by atoms with van der Waals surface area (Å²) in [5.41, 5.74) is 3.26. The van der Waals surface area contributed by atoms with E-state index in [1.165, 1.54) is 0 Å². The van der Waals surface area contributed by atoms with Crippen molar-refractivity contribution in [2.45, 2.75) is 43.2 Å². The van der Waals surface area contributed by atoms with Gasteiger partial charge in [0.05, 0.1) is 17.3 Å². The van der Waals surface area contributed by atoms with Crippen LogP contribution >= 0.6 is 23.2 Å². The Balaban J connectivity index is 0.951. The minimum atomic E-state index is -0.552. The molecule has 4 N–H and O–H groups in total. The van der Waals surface area contributed by atoms with E-state index in [1.807, 2.05) is 55.8 Å². The molecule has 2 aromatic carbocycles. The fourth-order valence-corrected chi connectivity index (χ4v) is 7.02. The number of H-pyrrole nitrogens is 2. The smallest absolute Gasteiger partial charge is 0.268 e. The molecule has 0 bridgehead atoms. The van der Waals surface area contributed by atoms with Crippen LogP contribution in [0.3, 0.4) is 0 Å². The molecular formula is C33H29Cl2N7O3. The van der Waals surface area contributed by atoms with Gasteiger partial charge in [0, 0.05) is 63.1 Å². The number of fused-ring (bicyclic) bond motifs is 2. The Hall–Kier alpha value is -4.54. The van der Waals surface area contributed by atoms with Gasteiger partial charge >= 0.3 is 0 Å². The molecule has 0 unspecified atom stereocenters. The molecule has 6 aromatic rings. The monoisotopic (exact) mass is 641 g/mol. The van der Waals surface area contributed by atoms with Crippen molar-refractivity contribution in [3.05, 3.63) is 105 Å². The second-order valence-corrected chi connectivity index (χ2v) is 13.3. The number of carbonyl (C=O) groups is 2. The van der Waals surface area contributed by atoms with Crippen LogP contribution in [0.15, 0.2) is 71.5 Å². The second-order valence-electron chi connectivity index (χ2n) is 12.5. The molecule has 2 saturated carbocycles. The zero-order valence-electron chi connectivity index (χ0n) is 24.3. The maximum Gasteiger partial charge on any atom is 0.268 e. The maximum absolute atomic E-state index is 13.5. The standard InChI is InChI=1S/C33H29Cl2N7O3/c1-42-17-21(16-36-42)33(40-31(44)28-12-20-10-23(35)3-5-26(20)38-28)14-18(15-33)8-24-13-29(41-45-24)32(6-7-32)39-30(43)27-11-19-9-22(34)2-4-25(19)37-27/h2-5,9-13,16-18,37-38H,6-8,14-15H2,1H3,(H,39,43)(H,40,44). The van der Waals surface area contributed by atoms with Gasteiger partial charge in [-0.25, -0.2) is 0 Å². The summed E-state index contributed by atoms with van der Waals surface area (Å²) in [4.78, 5) is 33.0. The van der Waals surface area contributed by atoms with Crippen molar-refractivity contribution in [3.8, 4) is 0 Å². The van der Waals surface area contributed by atoms with E-state index in [0.717, 1.165) is 64.5 Å². The van der Waals surface area contributed by atoms with Gasteiger partial charge in [0.15, 0.2) is 0 Å². The van der Waals surface area contributed by atoms with Crippen LogP contribution < -0.4 is 10.6 Å². The van der Waals surface area contributed by atoms with Crippen molar-refractivity contribution in [2.75, 3.05) is 0 Å². The first-order valence-corrected chi connectivity index (χ1v) is 15.6. The number of rotatable bonds is 8. The number of hydrogen-bond acceptors (Lipinski definition) is 5. The van der Waals surface area contributed by atoms with Gasteiger partial charge in [0.25, 0.3) is 11.8 Å². The van der Waals surface area contributed by atoms with Gasteiger partial charge in [-0.2, -0.15) is 5.10 Å². The summed E-state index contributed by atoms with van der Waals surface area (Å²) in [6, 6.07) is 16.6. The number of amides is 2. The average molecular weight is 643 g/mol. The van der Waals surface area contributed by atoms with Crippen LogP contribution in [-0.4, -0.2) is 36.7 Å². The number of nitrogens with zero attached hydrogens (tertiary/aromatic N) is 3. The predicted octanol–water partition coefficient (Wildman–Crippen LogP) is 6.37. The van der Waals surface area contributed by atoms with E-state index in [1.54, 1.807) is 22.9 Å². The summed E-state index contributed by atoms with van der Waals surface area (Å²) in [6.45, 7) is 0. The Kier molecular flexibility index (Phi) is 6.37. The van der Waals surface area contributed by atoms with Crippen LogP contribution in [-0.2, 0) is 24.5 Å². The minimum absolute atomic E-state index is 0.184. The lowest BCUT2D eigenvalue weighted by Crippen LogP contribution is -2.55. The number of halogens is 2. The maximum atomic E-state index is 13.5. The highest BCUT2D eigenvalue weighted by Gasteiger charge is 2.50. The lowest BCUT2D eigenvalue weighted by molar-refractivity contribution is 0.0657. The molecule has 4 aromatic heterocycles. The van der Waals surface area contributed by atoms with Crippen molar-refractivity contribution in [1.29, 1.82) is 0 Å². The first kappa shape index (κ1) is 28.0. The summed E-state index contributed by atoms with van der Waals surface area (Å²) >= 11 is 12.3. The van der Waals surface area contributed by atoms with Gasteiger partial charge in [0.2, 0.25) is 0 Å². The van der Waals surface area contributed by atoms with Crippen LogP contribution in [0.1, 0.15) is 63.7 Å². The van der Waals surface area contributed by atoms with Crippen molar-refractivity contribution < 1.29 is 14.1 Å². The van der Waals surface area contributed by atoms with Crippen LogP contribution in [0.2, 0.25) is 10.0 Å². The van der Waals surface area contributed by atoms with Crippen LogP contribution in [0.5, 0.6) is 0 Å². The van der Waals surface area contributed by atoms with E-state index >= 15 is 0 Å². The first-order valence-electron chi connectivity index (χ1n) is 14.8. The largest absolute Gasteiger partial charge is 0.361 e. The molecule has 8 rings (SSSR count). The Bertz CT molecular complexity index is 2110. The van der Waals surface area contributed by atoms with E-state index in [9.17, 15) is 9.59 Å². The van der Waals surface area contributed by atoms with Crippen LogP contribution in [0.25, 0.3) is 21.8 Å². The molecule has 0 saturated heterocycles. The molecule has 2 fully saturated rings. The Morgan fingerprint density at radius 2 is 1.51 bits per heavy atom. The van der Waals surface area contributed by atoms with Crippen molar-refractivity contribution >= 4 is 56.8 Å². The quantitative estimate of drug-likeness (QED) is 0.153. The van der Waals surface area contributed by atoms with E-state index in [-0.39, 0.29) is 17.7 Å². The van der Waals surface area contributed by atoms with E-state index in [0.29, 0.717) is 27.9 Å². The van der Waals surface area contributed by atoms with Gasteiger partial charge in [-0.3, -0.25) is 14.3 Å². The van der Waals surface area contributed by atoms with Crippen molar-refractivity contribution in [2.24, 2.45) is 13.0 Å². The number of nitrogens with one attached hydrogen (secondary N) is 4. The van der Waals surface area contributed by atoms with Crippen molar-refractivity contribution in [1.82, 2.24) is 35.5 Å². The molecule has 228 valence electrons. The summed E-state index contributed by atoms with van der Waals surface area (Å²) in [6.07, 6.45) is 7.46. The summed E-state index contributed by atoms with van der Waals surface area (Å²) < 4.78 is 7.52. The minimum Gasteiger partial charge on any atom is -0.361 e. The zero-order chi connectivity index (χ0) is 30.9. The lowest BCUT2D eigenvalue weighted by atomic mass is 9.64. The van der Waals surface area contributed by atoms with E-state index < -0.39 is 11.1 Å². The molecule has 45 heavy (non-hydrogen) atoms. The highest BCUT2D eigenvalue weighted by atomic mass is 35.5. The molecule has 0 aliphatic heterocycles. The molecule has 4 heterocycles. The average Bonchev–Trinajstić information content (AvgIpc) is 3.45. The van der Waals surface area contributed by atoms with E-state index in [4.69, 9.17) is 27.7 Å². The molecule has 2 amide bonds. The Morgan fingerprint density at radius 3 is 2.07 bits per heavy atom. The summed E-state index contributed by atoms with van der Waals surface area (Å²) in [7, 11) is 1.87. The number of hydrogen-bond donors (Lipinski definition) is 4. The fraction of sp³-hybridized carbons (Fsp3) is 0.273. The van der Waals surface area contributed by atoms with Crippen LogP contribution in [0.4, 0.5) is 0 Å². The number of aromatic amines is 2. The Labute approximate surface area is 267 Å². The van der Waals surface area contributed by atoms with Gasteiger partial charge in [-0.15, -0.1) is 0 Å². The number of aryl methyl sites for hydroxylation is 1. The molecule has 0 radical (unpaired) electrons. The third-order valence-electron chi connectivity index (χ3n) is 9.18. The highest BCUT2D eigenvalue weighted by Crippen LogP contribution is 2.49. The zero-order valence-corrected chi connectivity index (χ0v) is 25.8.